The minimum absolute atomic E-state index is 0.208. The number of aryl methyl sites for hydroxylation is 1. The Labute approximate surface area is 185 Å². The number of hydrogen-bond acceptors (Lipinski definition) is 5. The van der Waals surface area contributed by atoms with Gasteiger partial charge in [-0.3, -0.25) is 4.79 Å². The second-order valence-electron chi connectivity index (χ2n) is 8.41. The third kappa shape index (κ3) is 3.07. The van der Waals surface area contributed by atoms with Gasteiger partial charge in [-0.1, -0.05) is 54.6 Å². The molecule has 162 valence electrons. The first-order chi connectivity index (χ1) is 15.4. The average Bonchev–Trinajstić information content (AvgIpc) is 3.21. The Morgan fingerprint density at radius 2 is 1.75 bits per heavy atom. The summed E-state index contributed by atoms with van der Waals surface area (Å²) in [5.41, 5.74) is 9.81. The molecule has 0 spiro atoms. The van der Waals surface area contributed by atoms with Crippen LogP contribution in [-0.4, -0.2) is 17.6 Å². The molecule has 5 rings (SSSR count). The van der Waals surface area contributed by atoms with Crippen LogP contribution in [0, 0.1) is 0 Å². The van der Waals surface area contributed by atoms with Crippen LogP contribution < -0.4 is 11.3 Å². The molecule has 2 N–H and O–H groups in total. The number of fused-ring (bicyclic) bond motifs is 1. The van der Waals surface area contributed by atoms with Gasteiger partial charge < -0.3 is 19.5 Å². The van der Waals surface area contributed by atoms with Crippen molar-refractivity contribution in [2.24, 2.45) is 12.8 Å². The highest BCUT2D eigenvalue weighted by molar-refractivity contribution is 6.09. The molecule has 0 amide bonds. The summed E-state index contributed by atoms with van der Waals surface area (Å²) < 4.78 is 12.6. The van der Waals surface area contributed by atoms with Crippen molar-refractivity contribution in [1.82, 2.24) is 4.57 Å². The number of carbonyl (C=O) groups excluding carboxylic acids is 1. The van der Waals surface area contributed by atoms with Gasteiger partial charge >= 0.3 is 5.97 Å². The van der Waals surface area contributed by atoms with E-state index >= 15 is 0 Å². The van der Waals surface area contributed by atoms with E-state index < -0.39 is 5.97 Å². The number of esters is 1. The molecule has 1 aliphatic rings. The standard InChI is InChI=1S/C26H24N2O4/c1-28-15-19(25(30)31-2)23-21(24(28)29)20(16-7-4-3-5-8-16)22(32-23)17-9-11-18(12-10-17)26(27)13-6-14-26/h3-5,7-12,15H,6,13-14,27H2,1-2H3. The summed E-state index contributed by atoms with van der Waals surface area (Å²) in [7, 11) is 2.92. The molecule has 0 unspecified atom stereocenters. The second-order valence-corrected chi connectivity index (χ2v) is 8.41. The highest BCUT2D eigenvalue weighted by atomic mass is 16.5. The van der Waals surface area contributed by atoms with E-state index in [0.29, 0.717) is 16.7 Å². The minimum atomic E-state index is -0.559. The molecule has 0 atom stereocenters. The Balaban J connectivity index is 1.80. The summed E-state index contributed by atoms with van der Waals surface area (Å²) in [6.07, 6.45) is 4.55. The van der Waals surface area contributed by atoms with Crippen LogP contribution in [0.5, 0.6) is 0 Å². The fourth-order valence-electron chi connectivity index (χ4n) is 4.45. The number of benzene rings is 2. The summed E-state index contributed by atoms with van der Waals surface area (Å²) in [5.74, 6) is -0.0261. The molecular weight excluding hydrogens is 404 g/mol. The third-order valence-electron chi connectivity index (χ3n) is 6.45. The summed E-state index contributed by atoms with van der Waals surface area (Å²) in [4.78, 5) is 25.7. The Morgan fingerprint density at radius 1 is 1.06 bits per heavy atom. The topological polar surface area (TPSA) is 87.5 Å². The quantitative estimate of drug-likeness (QED) is 0.481. The predicted molar refractivity (Wildman–Crippen MR) is 123 cm³/mol. The zero-order valence-electron chi connectivity index (χ0n) is 18.1. The van der Waals surface area contributed by atoms with Crippen LogP contribution in [0.15, 0.2) is 70.0 Å². The zero-order chi connectivity index (χ0) is 22.5. The number of pyridine rings is 1. The highest BCUT2D eigenvalue weighted by Gasteiger charge is 2.34. The van der Waals surface area contributed by atoms with Crippen LogP contribution in [0.3, 0.4) is 0 Å². The van der Waals surface area contributed by atoms with Crippen LogP contribution in [0.2, 0.25) is 0 Å². The lowest BCUT2D eigenvalue weighted by Crippen LogP contribution is -2.43. The summed E-state index contributed by atoms with van der Waals surface area (Å²) >= 11 is 0. The molecular formula is C26H24N2O4. The van der Waals surface area contributed by atoms with Crippen molar-refractivity contribution in [2.45, 2.75) is 24.8 Å². The third-order valence-corrected chi connectivity index (χ3v) is 6.45. The van der Waals surface area contributed by atoms with E-state index in [-0.39, 0.29) is 22.2 Å². The number of methoxy groups -OCH3 is 1. The van der Waals surface area contributed by atoms with E-state index in [9.17, 15) is 9.59 Å². The first-order valence-corrected chi connectivity index (χ1v) is 10.6. The van der Waals surface area contributed by atoms with Gasteiger partial charge in [0.2, 0.25) is 0 Å². The van der Waals surface area contributed by atoms with Crippen molar-refractivity contribution in [1.29, 1.82) is 0 Å². The van der Waals surface area contributed by atoms with E-state index in [1.54, 1.807) is 7.05 Å². The van der Waals surface area contributed by atoms with Gasteiger partial charge in [-0.25, -0.2) is 4.79 Å². The van der Waals surface area contributed by atoms with E-state index in [2.05, 4.69) is 0 Å². The Hall–Kier alpha value is -3.64. The van der Waals surface area contributed by atoms with Crippen molar-refractivity contribution >= 4 is 16.9 Å². The first-order valence-electron chi connectivity index (χ1n) is 10.6. The van der Waals surface area contributed by atoms with Gasteiger partial charge in [-0.05, 0) is 30.4 Å². The van der Waals surface area contributed by atoms with Gasteiger partial charge in [0.1, 0.15) is 11.3 Å². The molecule has 0 saturated heterocycles. The van der Waals surface area contributed by atoms with E-state index in [4.69, 9.17) is 14.9 Å². The molecule has 0 bridgehead atoms. The van der Waals surface area contributed by atoms with Gasteiger partial charge in [-0.15, -0.1) is 0 Å². The van der Waals surface area contributed by atoms with Crippen molar-refractivity contribution in [3.05, 3.63) is 82.3 Å². The fourth-order valence-corrected chi connectivity index (χ4v) is 4.45. The number of furan rings is 1. The molecule has 6 nitrogen and oxygen atoms in total. The normalized spacial score (nSPS) is 14.8. The molecule has 1 aliphatic carbocycles. The smallest absolute Gasteiger partial charge is 0.343 e. The Kier molecular flexibility index (Phi) is 4.75. The van der Waals surface area contributed by atoms with Crippen molar-refractivity contribution in [2.75, 3.05) is 7.11 Å². The number of nitrogens with zero attached hydrogens (tertiary/aromatic N) is 1. The number of aromatic nitrogens is 1. The monoisotopic (exact) mass is 428 g/mol. The maximum Gasteiger partial charge on any atom is 0.343 e. The van der Waals surface area contributed by atoms with Gasteiger partial charge in [0.15, 0.2) is 5.58 Å². The summed E-state index contributed by atoms with van der Waals surface area (Å²) in [6.45, 7) is 0. The largest absolute Gasteiger partial charge is 0.465 e. The van der Waals surface area contributed by atoms with Crippen LogP contribution in [0.4, 0.5) is 0 Å². The number of hydrogen-bond donors (Lipinski definition) is 1. The van der Waals surface area contributed by atoms with Crippen LogP contribution in [0.1, 0.15) is 35.2 Å². The first kappa shape index (κ1) is 20.3. The molecule has 2 aromatic carbocycles. The van der Waals surface area contributed by atoms with Gasteiger partial charge in [0.25, 0.3) is 5.56 Å². The van der Waals surface area contributed by atoms with Crippen molar-refractivity contribution < 1.29 is 13.9 Å². The number of ether oxygens (including phenoxy) is 1. The SMILES string of the molecule is COC(=O)c1cn(C)c(=O)c2c(-c3ccccc3)c(-c3ccc(C4(N)CCC4)cc3)oc12. The maximum atomic E-state index is 13.2. The number of nitrogens with two attached hydrogens (primary N) is 1. The number of rotatable bonds is 4. The number of carbonyl (C=O) groups is 1. The van der Waals surface area contributed by atoms with Gasteiger partial charge in [-0.2, -0.15) is 0 Å². The van der Waals surface area contributed by atoms with E-state index in [0.717, 1.165) is 36.0 Å². The average molecular weight is 428 g/mol. The highest BCUT2D eigenvalue weighted by Crippen LogP contribution is 2.42. The minimum Gasteiger partial charge on any atom is -0.465 e. The zero-order valence-corrected chi connectivity index (χ0v) is 18.1. The van der Waals surface area contributed by atoms with Crippen molar-refractivity contribution in [3.63, 3.8) is 0 Å². The van der Waals surface area contributed by atoms with Crippen LogP contribution in [-0.2, 0) is 17.3 Å². The molecule has 6 heteroatoms. The van der Waals surface area contributed by atoms with E-state index in [1.807, 2.05) is 54.6 Å². The van der Waals surface area contributed by atoms with Gasteiger partial charge in [0.05, 0.1) is 12.5 Å². The summed E-state index contributed by atoms with van der Waals surface area (Å²) in [5, 5.41) is 0.356. The Morgan fingerprint density at radius 3 is 2.34 bits per heavy atom. The molecule has 4 aromatic rings. The van der Waals surface area contributed by atoms with E-state index in [1.165, 1.54) is 17.9 Å². The fraction of sp³-hybridized carbons (Fsp3) is 0.231. The molecule has 32 heavy (non-hydrogen) atoms. The molecule has 0 radical (unpaired) electrons. The molecule has 2 heterocycles. The molecule has 1 saturated carbocycles. The lowest BCUT2D eigenvalue weighted by molar-refractivity contribution is 0.0601. The lowest BCUT2D eigenvalue weighted by Gasteiger charge is -2.38. The molecule has 1 fully saturated rings. The predicted octanol–water partition coefficient (Wildman–Crippen LogP) is 4.59. The Bertz CT molecular complexity index is 1380. The maximum absolute atomic E-state index is 13.2. The van der Waals surface area contributed by atoms with Gasteiger partial charge in [0, 0.05) is 29.9 Å². The van der Waals surface area contributed by atoms with Crippen molar-refractivity contribution in [3.8, 4) is 22.5 Å². The molecule has 0 aliphatic heterocycles. The van der Waals surface area contributed by atoms with Crippen LogP contribution in [0.25, 0.3) is 33.4 Å². The van der Waals surface area contributed by atoms with Crippen LogP contribution >= 0.6 is 0 Å². The second kappa shape index (κ2) is 7.50. The summed E-state index contributed by atoms with van der Waals surface area (Å²) in [6, 6.07) is 17.6. The molecule has 2 aromatic heterocycles. The lowest BCUT2D eigenvalue weighted by atomic mass is 9.72.